The Hall–Kier alpha value is -3.36. The van der Waals surface area contributed by atoms with Crippen molar-refractivity contribution in [1.82, 2.24) is 9.38 Å². The second-order valence-electron chi connectivity index (χ2n) is 7.96. The van der Waals surface area contributed by atoms with E-state index in [9.17, 15) is 9.59 Å². The van der Waals surface area contributed by atoms with Gasteiger partial charge >= 0.3 is 0 Å². The van der Waals surface area contributed by atoms with Crippen molar-refractivity contribution in [2.75, 3.05) is 11.9 Å². The summed E-state index contributed by atoms with van der Waals surface area (Å²) in [5.41, 5.74) is 2.27. The number of fused-ring (bicyclic) bond motifs is 3. The van der Waals surface area contributed by atoms with E-state index in [1.54, 1.807) is 70.3 Å². The van der Waals surface area contributed by atoms with Crippen molar-refractivity contribution in [1.29, 1.82) is 0 Å². The number of amides is 1. The largest absolute Gasteiger partial charge is 0.487 e. The van der Waals surface area contributed by atoms with Crippen LogP contribution in [0.15, 0.2) is 59.4 Å². The number of nitrogens with one attached hydrogen (secondary N) is 1. The highest BCUT2D eigenvalue weighted by molar-refractivity contribution is 7.17. The molecule has 0 spiro atoms. The lowest BCUT2D eigenvalue weighted by Gasteiger charge is -2.10. The molecule has 0 atom stereocenters. The van der Waals surface area contributed by atoms with Gasteiger partial charge in [0.1, 0.15) is 18.1 Å². The van der Waals surface area contributed by atoms with Crippen molar-refractivity contribution < 1.29 is 14.3 Å². The predicted octanol–water partition coefficient (Wildman–Crippen LogP) is 4.88. The average Bonchev–Trinajstić information content (AvgIpc) is 3.22. The second kappa shape index (κ2) is 9.87. The first kappa shape index (κ1) is 22.4. The Bertz CT molecular complexity index is 1400. The van der Waals surface area contributed by atoms with Gasteiger partial charge in [0.15, 0.2) is 11.6 Å². The molecule has 1 N–H and O–H groups in total. The number of anilines is 1. The van der Waals surface area contributed by atoms with E-state index in [-0.39, 0.29) is 24.7 Å². The normalized spacial score (nSPS) is 12.9. The summed E-state index contributed by atoms with van der Waals surface area (Å²) in [7, 11) is 0. The third-order valence-electron chi connectivity index (χ3n) is 5.53. The molecule has 0 saturated heterocycles. The lowest BCUT2D eigenvalue weighted by molar-refractivity contribution is -0.118. The number of carbonyl (C=O) groups is 1. The van der Waals surface area contributed by atoms with Crippen molar-refractivity contribution in [2.45, 2.75) is 32.3 Å². The van der Waals surface area contributed by atoms with Gasteiger partial charge in [-0.2, -0.15) is 0 Å². The summed E-state index contributed by atoms with van der Waals surface area (Å²) in [5, 5.41) is 3.22. The highest BCUT2D eigenvalue weighted by Gasteiger charge is 2.18. The van der Waals surface area contributed by atoms with Crippen LogP contribution in [0.2, 0.25) is 5.02 Å². The molecule has 2 heterocycles. The molecule has 0 bridgehead atoms. The van der Waals surface area contributed by atoms with Crippen LogP contribution in [0, 0.1) is 0 Å². The molecular weight excluding hydrogens is 474 g/mol. The Morgan fingerprint density at radius 1 is 1.09 bits per heavy atom. The quantitative estimate of drug-likeness (QED) is 0.395. The second-order valence-corrected chi connectivity index (χ2v) is 9.43. The maximum atomic E-state index is 12.7. The molecule has 0 unspecified atom stereocenters. The number of halogens is 1. The number of aryl methyl sites for hydroxylation is 2. The van der Waals surface area contributed by atoms with Crippen LogP contribution in [0.3, 0.4) is 0 Å². The standard InChI is InChI=1S/C25H22ClN3O4S/c26-19-5-1-3-7-21(19)33-15-23(30)27-16-9-11-18(12-10-16)32-14-17-13-24(31)29-20-6-2-4-8-22(20)34-25(29)28-17/h1,3,5,7,9-13H,2,4,6,8,14-15H2,(H,27,30). The van der Waals surface area contributed by atoms with Crippen LogP contribution in [-0.4, -0.2) is 21.9 Å². The van der Waals surface area contributed by atoms with Crippen molar-refractivity contribution in [3.05, 3.63) is 86.2 Å². The molecule has 2 aromatic carbocycles. The lowest BCUT2D eigenvalue weighted by Crippen LogP contribution is -2.20. The summed E-state index contributed by atoms with van der Waals surface area (Å²) in [6, 6.07) is 15.5. The third-order valence-corrected chi connectivity index (χ3v) is 6.99. The maximum absolute atomic E-state index is 12.7. The number of aromatic nitrogens is 2. The fourth-order valence-corrected chi connectivity index (χ4v) is 5.33. The fourth-order valence-electron chi connectivity index (χ4n) is 3.91. The molecule has 5 rings (SSSR count). The molecule has 0 saturated carbocycles. The predicted molar refractivity (Wildman–Crippen MR) is 132 cm³/mol. The first-order valence-electron chi connectivity index (χ1n) is 11.0. The molecule has 0 radical (unpaired) electrons. The molecule has 174 valence electrons. The monoisotopic (exact) mass is 495 g/mol. The minimum absolute atomic E-state index is 0.0555. The summed E-state index contributed by atoms with van der Waals surface area (Å²) >= 11 is 7.63. The Labute approximate surface area is 204 Å². The molecule has 2 aromatic heterocycles. The number of benzene rings is 2. The molecule has 1 aliphatic carbocycles. The summed E-state index contributed by atoms with van der Waals surface area (Å²) in [6.45, 7) is 0.0313. The zero-order valence-electron chi connectivity index (χ0n) is 18.3. The Morgan fingerprint density at radius 3 is 2.71 bits per heavy atom. The minimum atomic E-state index is -0.301. The molecule has 1 aliphatic rings. The van der Waals surface area contributed by atoms with E-state index < -0.39 is 0 Å². The first-order chi connectivity index (χ1) is 16.6. The van der Waals surface area contributed by atoms with Crippen LogP contribution in [0.5, 0.6) is 11.5 Å². The smallest absolute Gasteiger partial charge is 0.262 e. The molecule has 0 aliphatic heterocycles. The number of hydrogen-bond donors (Lipinski definition) is 1. The van der Waals surface area contributed by atoms with Gasteiger partial charge in [0.2, 0.25) is 0 Å². The van der Waals surface area contributed by atoms with Crippen LogP contribution in [-0.2, 0) is 24.2 Å². The van der Waals surface area contributed by atoms with Crippen molar-refractivity contribution in [3.63, 3.8) is 0 Å². The van der Waals surface area contributed by atoms with Crippen molar-refractivity contribution in [3.8, 4) is 11.5 Å². The van der Waals surface area contributed by atoms with Gasteiger partial charge in [-0.15, -0.1) is 11.3 Å². The van der Waals surface area contributed by atoms with Crippen LogP contribution >= 0.6 is 22.9 Å². The topological polar surface area (TPSA) is 81.9 Å². The number of nitrogens with zero attached hydrogens (tertiary/aromatic N) is 2. The van der Waals surface area contributed by atoms with E-state index in [1.807, 2.05) is 0 Å². The maximum Gasteiger partial charge on any atom is 0.262 e. The number of rotatable bonds is 7. The van der Waals surface area contributed by atoms with Crippen LogP contribution in [0.25, 0.3) is 4.96 Å². The van der Waals surface area contributed by atoms with Crippen LogP contribution in [0.4, 0.5) is 5.69 Å². The number of ether oxygens (including phenoxy) is 2. The van der Waals surface area contributed by atoms with Gasteiger partial charge in [0.25, 0.3) is 11.5 Å². The van der Waals surface area contributed by atoms with Gasteiger partial charge in [-0.25, -0.2) is 4.98 Å². The van der Waals surface area contributed by atoms with Gasteiger partial charge < -0.3 is 14.8 Å². The summed E-state index contributed by atoms with van der Waals surface area (Å²) in [4.78, 5) is 31.5. The minimum Gasteiger partial charge on any atom is -0.487 e. The molecule has 1 amide bonds. The Morgan fingerprint density at radius 2 is 1.88 bits per heavy atom. The zero-order valence-corrected chi connectivity index (χ0v) is 19.8. The molecular formula is C25H22ClN3O4S. The van der Waals surface area contributed by atoms with E-state index in [1.165, 1.54) is 4.88 Å². The zero-order chi connectivity index (χ0) is 23.5. The van der Waals surface area contributed by atoms with Crippen molar-refractivity contribution >= 4 is 39.5 Å². The van der Waals surface area contributed by atoms with E-state index in [2.05, 4.69) is 10.3 Å². The first-order valence-corrected chi connectivity index (χ1v) is 12.2. The van der Waals surface area contributed by atoms with Gasteiger partial charge in [0.05, 0.1) is 10.7 Å². The SMILES string of the molecule is O=C(COc1ccccc1Cl)Nc1ccc(OCc2cc(=O)n3c4c(sc3n2)CCCC4)cc1. The highest BCUT2D eigenvalue weighted by atomic mass is 35.5. The van der Waals surface area contributed by atoms with Crippen LogP contribution < -0.4 is 20.3 Å². The van der Waals surface area contributed by atoms with E-state index in [4.69, 9.17) is 21.1 Å². The summed E-state index contributed by atoms with van der Waals surface area (Å²) < 4.78 is 13.0. The van der Waals surface area contributed by atoms with E-state index in [0.29, 0.717) is 27.9 Å². The Balaban J connectivity index is 1.18. The van der Waals surface area contributed by atoms with Gasteiger partial charge in [-0.05, 0) is 62.1 Å². The fraction of sp³-hybridized carbons (Fsp3) is 0.240. The number of para-hydroxylation sites is 1. The Kier molecular flexibility index (Phi) is 6.51. The number of hydrogen-bond acceptors (Lipinski definition) is 6. The molecule has 34 heavy (non-hydrogen) atoms. The lowest BCUT2D eigenvalue weighted by atomic mass is 10.0. The molecule has 9 heteroatoms. The van der Waals surface area contributed by atoms with Crippen LogP contribution in [0.1, 0.15) is 29.1 Å². The van der Waals surface area contributed by atoms with Gasteiger partial charge in [0, 0.05) is 22.3 Å². The molecule has 0 fully saturated rings. The number of carbonyl (C=O) groups excluding carboxylic acids is 1. The molecule has 4 aromatic rings. The summed E-state index contributed by atoms with van der Waals surface area (Å²) in [6.07, 6.45) is 4.22. The van der Waals surface area contributed by atoms with E-state index >= 15 is 0 Å². The van der Waals surface area contributed by atoms with E-state index in [0.717, 1.165) is 36.3 Å². The molecule has 7 nitrogen and oxygen atoms in total. The summed E-state index contributed by atoms with van der Waals surface area (Å²) in [5.74, 6) is 0.764. The average molecular weight is 496 g/mol. The van der Waals surface area contributed by atoms with Crippen molar-refractivity contribution in [2.24, 2.45) is 0 Å². The van der Waals surface area contributed by atoms with Gasteiger partial charge in [-0.1, -0.05) is 23.7 Å². The third kappa shape index (κ3) is 4.93. The highest BCUT2D eigenvalue weighted by Crippen LogP contribution is 2.28. The van der Waals surface area contributed by atoms with Gasteiger partial charge in [-0.3, -0.25) is 14.0 Å². The number of thiazole rings is 1.